The van der Waals surface area contributed by atoms with Gasteiger partial charge in [-0.1, -0.05) is 28.1 Å². The summed E-state index contributed by atoms with van der Waals surface area (Å²) in [6.07, 6.45) is 1.50. The van der Waals surface area contributed by atoms with E-state index < -0.39 is 0 Å². The Bertz CT molecular complexity index is 924. The summed E-state index contributed by atoms with van der Waals surface area (Å²) in [5.74, 6) is 1.72. The van der Waals surface area contributed by atoms with Gasteiger partial charge in [-0.05, 0) is 42.0 Å². The number of pyridine rings is 1. The highest BCUT2D eigenvalue weighted by atomic mass is 79.9. The molecule has 0 radical (unpaired) electrons. The van der Waals surface area contributed by atoms with Crippen LogP contribution in [-0.4, -0.2) is 25.0 Å². The number of methoxy groups -OCH3 is 2. The molecule has 0 N–H and O–H groups in total. The minimum atomic E-state index is -0.138. The fourth-order valence-electron chi connectivity index (χ4n) is 2.47. The van der Waals surface area contributed by atoms with Crippen LogP contribution < -0.4 is 14.2 Å². The number of nitrogens with zero attached hydrogens (tertiary/aromatic N) is 1. The van der Waals surface area contributed by atoms with Crippen LogP contribution in [0.15, 0.2) is 65.3 Å². The summed E-state index contributed by atoms with van der Waals surface area (Å²) in [6.45, 7) is 0.387. The van der Waals surface area contributed by atoms with Crippen molar-refractivity contribution in [1.82, 2.24) is 4.98 Å². The number of hydrogen-bond donors (Lipinski definition) is 0. The number of ketones is 1. The summed E-state index contributed by atoms with van der Waals surface area (Å²) >= 11 is 3.44. The van der Waals surface area contributed by atoms with Gasteiger partial charge >= 0.3 is 0 Å². The first kappa shape index (κ1) is 18.9. The lowest BCUT2D eigenvalue weighted by molar-refractivity contribution is 0.103. The number of rotatable bonds is 7. The van der Waals surface area contributed by atoms with E-state index in [1.165, 1.54) is 13.3 Å². The molecule has 27 heavy (non-hydrogen) atoms. The lowest BCUT2D eigenvalue weighted by atomic mass is 10.0. The molecule has 0 bridgehead atoms. The quantitative estimate of drug-likeness (QED) is 0.512. The highest BCUT2D eigenvalue weighted by Crippen LogP contribution is 2.25. The minimum absolute atomic E-state index is 0.138. The molecule has 6 heteroatoms. The molecule has 1 heterocycles. The highest BCUT2D eigenvalue weighted by Gasteiger charge is 2.12. The zero-order chi connectivity index (χ0) is 19.2. The Labute approximate surface area is 166 Å². The Balaban J connectivity index is 1.75. The van der Waals surface area contributed by atoms with E-state index in [1.807, 2.05) is 30.3 Å². The maximum atomic E-state index is 12.7. The highest BCUT2D eigenvalue weighted by molar-refractivity contribution is 9.10. The zero-order valence-electron chi connectivity index (χ0n) is 14.9. The molecule has 2 aromatic carbocycles. The minimum Gasteiger partial charge on any atom is -0.497 e. The Morgan fingerprint density at radius 1 is 0.926 bits per heavy atom. The summed E-state index contributed by atoms with van der Waals surface area (Å²) in [5, 5.41) is 0. The molecule has 0 fully saturated rings. The number of benzene rings is 2. The number of carbonyl (C=O) groups excluding carboxylic acids is 1. The van der Waals surface area contributed by atoms with Crippen molar-refractivity contribution in [2.45, 2.75) is 6.61 Å². The normalized spacial score (nSPS) is 10.3. The molecule has 0 spiro atoms. The first-order valence-electron chi connectivity index (χ1n) is 8.20. The van der Waals surface area contributed by atoms with E-state index in [9.17, 15) is 4.79 Å². The molecule has 5 nitrogen and oxygen atoms in total. The molecule has 3 aromatic rings. The van der Waals surface area contributed by atoms with Gasteiger partial charge in [0, 0.05) is 27.9 Å². The monoisotopic (exact) mass is 427 g/mol. The third-order valence-electron chi connectivity index (χ3n) is 3.91. The molecule has 0 amide bonds. The molecule has 0 saturated carbocycles. The molecule has 0 aliphatic heterocycles. The molecule has 0 aliphatic carbocycles. The average molecular weight is 428 g/mol. The van der Waals surface area contributed by atoms with Gasteiger partial charge in [-0.25, -0.2) is 4.98 Å². The summed E-state index contributed by atoms with van der Waals surface area (Å²) < 4.78 is 16.8. The van der Waals surface area contributed by atoms with Gasteiger partial charge < -0.3 is 14.2 Å². The zero-order valence-corrected chi connectivity index (χ0v) is 16.5. The van der Waals surface area contributed by atoms with E-state index in [0.29, 0.717) is 29.4 Å². The van der Waals surface area contributed by atoms with Gasteiger partial charge in [-0.3, -0.25) is 4.79 Å². The average Bonchev–Trinajstić information content (AvgIpc) is 2.71. The molecular formula is C21H18BrNO4. The van der Waals surface area contributed by atoms with Crippen LogP contribution in [0.1, 0.15) is 21.5 Å². The van der Waals surface area contributed by atoms with Crippen molar-refractivity contribution in [2.24, 2.45) is 0 Å². The molecule has 0 atom stereocenters. The van der Waals surface area contributed by atoms with Crippen molar-refractivity contribution in [1.29, 1.82) is 0 Å². The third kappa shape index (κ3) is 4.86. The second kappa shape index (κ2) is 8.68. The van der Waals surface area contributed by atoms with Crippen LogP contribution in [0.25, 0.3) is 0 Å². The summed E-state index contributed by atoms with van der Waals surface area (Å²) in [4.78, 5) is 16.8. The van der Waals surface area contributed by atoms with Gasteiger partial charge in [0.25, 0.3) is 0 Å². The molecule has 0 saturated heterocycles. The lowest BCUT2D eigenvalue weighted by Crippen LogP contribution is -2.03. The van der Waals surface area contributed by atoms with Crippen LogP contribution in [0.2, 0.25) is 0 Å². The second-order valence-corrected chi connectivity index (χ2v) is 6.65. The van der Waals surface area contributed by atoms with E-state index in [0.717, 1.165) is 15.8 Å². The number of hydrogen-bond acceptors (Lipinski definition) is 5. The van der Waals surface area contributed by atoms with Crippen molar-refractivity contribution in [3.63, 3.8) is 0 Å². The summed E-state index contributed by atoms with van der Waals surface area (Å²) in [5.41, 5.74) is 2.00. The van der Waals surface area contributed by atoms with Crippen LogP contribution in [0, 0.1) is 0 Å². The molecule has 0 unspecified atom stereocenters. The van der Waals surface area contributed by atoms with Crippen molar-refractivity contribution in [3.05, 3.63) is 82.0 Å². The van der Waals surface area contributed by atoms with Gasteiger partial charge in [0.2, 0.25) is 5.88 Å². The van der Waals surface area contributed by atoms with E-state index in [4.69, 9.17) is 14.2 Å². The Hall–Kier alpha value is -2.86. The van der Waals surface area contributed by atoms with E-state index in [2.05, 4.69) is 20.9 Å². The van der Waals surface area contributed by atoms with E-state index in [1.54, 1.807) is 31.4 Å². The van der Waals surface area contributed by atoms with Gasteiger partial charge in [0.05, 0.1) is 14.2 Å². The molecule has 0 aliphatic rings. The fraction of sp³-hybridized carbons (Fsp3) is 0.143. The van der Waals surface area contributed by atoms with Crippen LogP contribution in [-0.2, 0) is 6.61 Å². The van der Waals surface area contributed by atoms with Crippen LogP contribution in [0.5, 0.6) is 17.4 Å². The standard InChI is InChI=1S/C21H18BrNO4/c1-25-18-6-3-14(4-7-18)13-27-19-10-16(9-17(22)11-19)21(24)15-5-8-20(26-2)23-12-15/h3-12H,13H2,1-2H3. The van der Waals surface area contributed by atoms with Crippen LogP contribution in [0.4, 0.5) is 0 Å². The van der Waals surface area contributed by atoms with Gasteiger partial charge in [-0.15, -0.1) is 0 Å². The molecule has 3 rings (SSSR count). The number of ether oxygens (including phenoxy) is 3. The molecule has 138 valence electrons. The van der Waals surface area contributed by atoms with Gasteiger partial charge in [0.1, 0.15) is 18.1 Å². The molecular weight excluding hydrogens is 410 g/mol. The maximum absolute atomic E-state index is 12.7. The Morgan fingerprint density at radius 3 is 2.33 bits per heavy atom. The predicted molar refractivity (Wildman–Crippen MR) is 106 cm³/mol. The van der Waals surface area contributed by atoms with Crippen LogP contribution >= 0.6 is 15.9 Å². The maximum Gasteiger partial charge on any atom is 0.212 e. The predicted octanol–water partition coefficient (Wildman–Crippen LogP) is 4.67. The fourth-order valence-corrected chi connectivity index (χ4v) is 2.94. The number of carbonyl (C=O) groups is 1. The second-order valence-electron chi connectivity index (χ2n) is 5.73. The van der Waals surface area contributed by atoms with Crippen molar-refractivity contribution < 1.29 is 19.0 Å². The first-order valence-corrected chi connectivity index (χ1v) is 8.99. The van der Waals surface area contributed by atoms with Gasteiger partial charge in [-0.2, -0.15) is 0 Å². The third-order valence-corrected chi connectivity index (χ3v) is 4.36. The number of halogens is 1. The first-order chi connectivity index (χ1) is 13.1. The van der Waals surface area contributed by atoms with E-state index >= 15 is 0 Å². The van der Waals surface area contributed by atoms with Crippen LogP contribution in [0.3, 0.4) is 0 Å². The molecule has 1 aromatic heterocycles. The van der Waals surface area contributed by atoms with Crippen molar-refractivity contribution in [3.8, 4) is 17.4 Å². The number of aromatic nitrogens is 1. The largest absolute Gasteiger partial charge is 0.497 e. The SMILES string of the molecule is COc1ccc(COc2cc(Br)cc(C(=O)c3ccc(OC)nc3)c2)cc1. The summed E-state index contributed by atoms with van der Waals surface area (Å²) in [6, 6.07) is 16.3. The Kier molecular flexibility index (Phi) is 6.08. The lowest BCUT2D eigenvalue weighted by Gasteiger charge is -2.10. The van der Waals surface area contributed by atoms with E-state index in [-0.39, 0.29) is 5.78 Å². The van der Waals surface area contributed by atoms with Crippen molar-refractivity contribution in [2.75, 3.05) is 14.2 Å². The van der Waals surface area contributed by atoms with Gasteiger partial charge in [0.15, 0.2) is 5.78 Å². The summed E-state index contributed by atoms with van der Waals surface area (Å²) in [7, 11) is 3.16. The topological polar surface area (TPSA) is 57.7 Å². The van der Waals surface area contributed by atoms with Crippen molar-refractivity contribution >= 4 is 21.7 Å². The Morgan fingerprint density at radius 2 is 1.70 bits per heavy atom. The smallest absolute Gasteiger partial charge is 0.212 e.